The molecule has 1 saturated heterocycles. The molecule has 0 spiro atoms. The first-order valence-corrected chi connectivity index (χ1v) is 8.97. The normalized spacial score (nSPS) is 17.3. The van der Waals surface area contributed by atoms with Gasteiger partial charge >= 0.3 is 0 Å². The third-order valence-electron chi connectivity index (χ3n) is 4.83. The van der Waals surface area contributed by atoms with Gasteiger partial charge in [0.05, 0.1) is 6.61 Å². The number of aromatic nitrogens is 1. The minimum atomic E-state index is -0.249. The van der Waals surface area contributed by atoms with Crippen molar-refractivity contribution in [3.63, 3.8) is 0 Å². The lowest BCUT2D eigenvalue weighted by molar-refractivity contribution is 0.0668. The van der Waals surface area contributed by atoms with E-state index in [1.165, 1.54) is 0 Å². The highest BCUT2D eigenvalue weighted by Crippen LogP contribution is 2.10. The van der Waals surface area contributed by atoms with E-state index < -0.39 is 0 Å². The Morgan fingerprint density at radius 2 is 2.04 bits per heavy atom. The van der Waals surface area contributed by atoms with E-state index >= 15 is 0 Å². The molecule has 1 atom stereocenters. The Hall–Kier alpha value is -2.44. The molecule has 26 heavy (non-hydrogen) atoms. The summed E-state index contributed by atoms with van der Waals surface area (Å²) in [6.07, 6.45) is 2.49. The second-order valence-corrected chi connectivity index (χ2v) is 6.69. The number of nitrogens with one attached hydrogen (secondary N) is 1. The first-order valence-electron chi connectivity index (χ1n) is 8.97. The van der Waals surface area contributed by atoms with Crippen molar-refractivity contribution in [1.82, 2.24) is 14.8 Å². The van der Waals surface area contributed by atoms with E-state index in [1.54, 1.807) is 22.6 Å². The molecule has 6 nitrogen and oxygen atoms in total. The van der Waals surface area contributed by atoms with Crippen LogP contribution < -0.4 is 10.9 Å². The van der Waals surface area contributed by atoms with E-state index in [0.717, 1.165) is 12.0 Å². The van der Waals surface area contributed by atoms with Crippen LogP contribution in [0.1, 0.15) is 21.5 Å². The summed E-state index contributed by atoms with van der Waals surface area (Å²) >= 11 is 0. The van der Waals surface area contributed by atoms with E-state index in [-0.39, 0.29) is 29.7 Å². The lowest BCUT2D eigenvalue weighted by Crippen LogP contribution is -2.54. The highest BCUT2D eigenvalue weighted by molar-refractivity contribution is 5.95. The molecule has 6 heteroatoms. The number of benzene rings is 1. The number of carbonyl (C=O) groups is 1. The highest BCUT2D eigenvalue weighted by atomic mass is 16.3. The molecule has 1 aromatic carbocycles. The first-order chi connectivity index (χ1) is 12.6. The van der Waals surface area contributed by atoms with Crippen molar-refractivity contribution >= 4 is 5.91 Å². The van der Waals surface area contributed by atoms with Gasteiger partial charge in [0.15, 0.2) is 0 Å². The molecule has 1 aliphatic heterocycles. The SMILES string of the molecule is Cc1ccn(CCc2ccccc2)c(=O)c1C(=O)N1CCNC(CO)C1. The van der Waals surface area contributed by atoms with Crippen LogP contribution in [0.25, 0.3) is 0 Å². The van der Waals surface area contributed by atoms with Gasteiger partial charge in [-0.2, -0.15) is 0 Å². The quantitative estimate of drug-likeness (QED) is 0.832. The van der Waals surface area contributed by atoms with Gasteiger partial charge in [0.2, 0.25) is 0 Å². The second-order valence-electron chi connectivity index (χ2n) is 6.69. The Balaban J connectivity index is 1.80. The Morgan fingerprint density at radius 3 is 2.77 bits per heavy atom. The zero-order chi connectivity index (χ0) is 18.5. The Morgan fingerprint density at radius 1 is 1.27 bits per heavy atom. The number of aryl methyl sites for hydroxylation is 3. The molecule has 1 aliphatic rings. The standard InChI is InChI=1S/C20H25N3O3/c1-15-7-10-22(11-8-16-5-3-2-4-6-16)19(25)18(15)20(26)23-12-9-21-17(13-23)14-24/h2-7,10,17,21,24H,8-9,11-14H2,1H3. The number of aliphatic hydroxyl groups is 1. The molecule has 2 aromatic rings. The minimum absolute atomic E-state index is 0.0289. The van der Waals surface area contributed by atoms with E-state index in [4.69, 9.17) is 0 Å². The van der Waals surface area contributed by atoms with Crippen LogP contribution in [0.5, 0.6) is 0 Å². The van der Waals surface area contributed by atoms with Gasteiger partial charge in [-0.3, -0.25) is 9.59 Å². The van der Waals surface area contributed by atoms with Crippen molar-refractivity contribution in [2.75, 3.05) is 26.2 Å². The molecule has 1 unspecified atom stereocenters. The average Bonchev–Trinajstić information content (AvgIpc) is 2.68. The predicted octanol–water partition coefficient (Wildman–Crippen LogP) is 0.806. The molecular weight excluding hydrogens is 330 g/mol. The van der Waals surface area contributed by atoms with Crippen molar-refractivity contribution in [1.29, 1.82) is 0 Å². The van der Waals surface area contributed by atoms with Crippen LogP contribution >= 0.6 is 0 Å². The fourth-order valence-electron chi connectivity index (χ4n) is 3.29. The van der Waals surface area contributed by atoms with Crippen LogP contribution in [0.3, 0.4) is 0 Å². The smallest absolute Gasteiger partial charge is 0.263 e. The number of hydrogen-bond donors (Lipinski definition) is 2. The van der Waals surface area contributed by atoms with Crippen molar-refractivity contribution < 1.29 is 9.90 Å². The number of piperazine rings is 1. The number of nitrogens with zero attached hydrogens (tertiary/aromatic N) is 2. The zero-order valence-corrected chi connectivity index (χ0v) is 15.0. The van der Waals surface area contributed by atoms with E-state index in [0.29, 0.717) is 31.7 Å². The maximum Gasteiger partial charge on any atom is 0.263 e. The van der Waals surface area contributed by atoms with Crippen molar-refractivity contribution in [3.05, 3.63) is 69.6 Å². The number of rotatable bonds is 5. The number of aliphatic hydroxyl groups excluding tert-OH is 1. The number of carbonyl (C=O) groups excluding carboxylic acids is 1. The monoisotopic (exact) mass is 355 g/mol. The maximum absolute atomic E-state index is 12.9. The van der Waals surface area contributed by atoms with Crippen LogP contribution in [0, 0.1) is 6.92 Å². The summed E-state index contributed by atoms with van der Waals surface area (Å²) in [5.41, 5.74) is 1.83. The van der Waals surface area contributed by atoms with Gasteiger partial charge in [0, 0.05) is 38.4 Å². The minimum Gasteiger partial charge on any atom is -0.395 e. The van der Waals surface area contributed by atoms with Crippen LogP contribution in [-0.4, -0.2) is 52.8 Å². The van der Waals surface area contributed by atoms with Crippen molar-refractivity contribution in [2.45, 2.75) is 25.9 Å². The molecule has 138 valence electrons. The van der Waals surface area contributed by atoms with Crippen LogP contribution in [0.15, 0.2) is 47.4 Å². The molecule has 2 N–H and O–H groups in total. The van der Waals surface area contributed by atoms with Crippen LogP contribution in [-0.2, 0) is 13.0 Å². The largest absolute Gasteiger partial charge is 0.395 e. The van der Waals surface area contributed by atoms with Gasteiger partial charge in [-0.25, -0.2) is 0 Å². The lowest BCUT2D eigenvalue weighted by atomic mass is 10.1. The molecule has 1 fully saturated rings. The summed E-state index contributed by atoms with van der Waals surface area (Å²) < 4.78 is 1.61. The van der Waals surface area contributed by atoms with Gasteiger partial charge < -0.3 is 19.9 Å². The number of pyridine rings is 1. The third kappa shape index (κ3) is 4.03. The molecule has 1 aromatic heterocycles. The summed E-state index contributed by atoms with van der Waals surface area (Å²) in [5, 5.41) is 12.5. The number of hydrogen-bond acceptors (Lipinski definition) is 4. The fraction of sp³-hybridized carbons (Fsp3) is 0.400. The van der Waals surface area contributed by atoms with Crippen molar-refractivity contribution in [3.8, 4) is 0 Å². The lowest BCUT2D eigenvalue weighted by Gasteiger charge is -2.33. The van der Waals surface area contributed by atoms with Crippen LogP contribution in [0.2, 0.25) is 0 Å². The van der Waals surface area contributed by atoms with E-state index in [2.05, 4.69) is 5.32 Å². The first kappa shape index (κ1) is 18.4. The molecule has 3 rings (SSSR count). The van der Waals surface area contributed by atoms with Crippen molar-refractivity contribution in [2.24, 2.45) is 0 Å². The third-order valence-corrected chi connectivity index (χ3v) is 4.83. The summed E-state index contributed by atoms with van der Waals surface area (Å²) in [4.78, 5) is 27.5. The zero-order valence-electron chi connectivity index (χ0n) is 15.0. The van der Waals surface area contributed by atoms with E-state index in [1.807, 2.05) is 36.4 Å². The summed E-state index contributed by atoms with van der Waals surface area (Å²) in [5.74, 6) is -0.249. The second kappa shape index (κ2) is 8.29. The Kier molecular flexibility index (Phi) is 5.85. The predicted molar refractivity (Wildman–Crippen MR) is 100 cm³/mol. The maximum atomic E-state index is 12.9. The van der Waals surface area contributed by atoms with Gasteiger partial charge in [0.25, 0.3) is 11.5 Å². The van der Waals surface area contributed by atoms with Gasteiger partial charge in [0.1, 0.15) is 5.56 Å². The molecule has 2 heterocycles. The highest BCUT2D eigenvalue weighted by Gasteiger charge is 2.26. The average molecular weight is 355 g/mol. The Labute approximate surface area is 153 Å². The van der Waals surface area contributed by atoms with Gasteiger partial charge in [-0.1, -0.05) is 30.3 Å². The molecule has 0 bridgehead atoms. The molecular formula is C20H25N3O3. The van der Waals surface area contributed by atoms with Gasteiger partial charge in [-0.05, 0) is 30.5 Å². The Bertz CT molecular complexity index is 817. The fourth-order valence-corrected chi connectivity index (χ4v) is 3.29. The van der Waals surface area contributed by atoms with Gasteiger partial charge in [-0.15, -0.1) is 0 Å². The molecule has 0 radical (unpaired) electrons. The number of amides is 1. The van der Waals surface area contributed by atoms with E-state index in [9.17, 15) is 14.7 Å². The molecule has 1 amide bonds. The molecule has 0 aliphatic carbocycles. The topological polar surface area (TPSA) is 74.6 Å². The van der Waals surface area contributed by atoms with Crippen LogP contribution in [0.4, 0.5) is 0 Å². The molecule has 0 saturated carbocycles. The summed E-state index contributed by atoms with van der Waals surface area (Å²) in [7, 11) is 0. The summed E-state index contributed by atoms with van der Waals surface area (Å²) in [6, 6.07) is 11.7. The summed E-state index contributed by atoms with van der Waals surface area (Å²) in [6.45, 7) is 3.86.